The SMILES string of the molecule is CCCCC/C=C(/CCCC(=O)O)C(=O)O. The van der Waals surface area contributed by atoms with Crippen molar-refractivity contribution in [1.29, 1.82) is 0 Å². The Labute approximate surface area is 96.0 Å². The molecule has 0 amide bonds. The summed E-state index contributed by atoms with van der Waals surface area (Å²) in [5.74, 6) is -1.81. The van der Waals surface area contributed by atoms with Crippen LogP contribution in [0.2, 0.25) is 0 Å². The first-order valence-electron chi connectivity index (χ1n) is 5.72. The summed E-state index contributed by atoms with van der Waals surface area (Å²) in [4.78, 5) is 21.1. The molecule has 0 bridgehead atoms. The van der Waals surface area contributed by atoms with Crippen LogP contribution in [0.5, 0.6) is 0 Å². The third-order valence-electron chi connectivity index (χ3n) is 2.31. The highest BCUT2D eigenvalue weighted by molar-refractivity contribution is 5.86. The average molecular weight is 228 g/mol. The summed E-state index contributed by atoms with van der Waals surface area (Å²) in [7, 11) is 0. The summed E-state index contributed by atoms with van der Waals surface area (Å²) < 4.78 is 0. The number of carboxylic acids is 2. The van der Waals surface area contributed by atoms with E-state index in [4.69, 9.17) is 10.2 Å². The number of hydrogen-bond donors (Lipinski definition) is 2. The van der Waals surface area contributed by atoms with Crippen LogP contribution in [-0.4, -0.2) is 22.2 Å². The molecule has 16 heavy (non-hydrogen) atoms. The number of carboxylic acid groups (broad SMARTS) is 2. The second-order valence-electron chi connectivity index (χ2n) is 3.78. The van der Waals surface area contributed by atoms with Crippen LogP contribution in [-0.2, 0) is 9.59 Å². The zero-order valence-electron chi connectivity index (χ0n) is 9.74. The highest BCUT2D eigenvalue weighted by Gasteiger charge is 2.07. The topological polar surface area (TPSA) is 74.6 Å². The molecule has 92 valence electrons. The van der Waals surface area contributed by atoms with Crippen molar-refractivity contribution in [1.82, 2.24) is 0 Å². The maximum Gasteiger partial charge on any atom is 0.331 e. The third kappa shape index (κ3) is 8.03. The van der Waals surface area contributed by atoms with Gasteiger partial charge in [-0.05, 0) is 25.7 Å². The lowest BCUT2D eigenvalue weighted by Gasteiger charge is -2.01. The fourth-order valence-electron chi connectivity index (χ4n) is 1.40. The monoisotopic (exact) mass is 228 g/mol. The van der Waals surface area contributed by atoms with E-state index in [1.807, 2.05) is 0 Å². The molecule has 0 atom stereocenters. The number of carbonyl (C=O) groups is 2. The molecule has 0 fully saturated rings. The fraction of sp³-hybridized carbons (Fsp3) is 0.667. The highest BCUT2D eigenvalue weighted by Crippen LogP contribution is 2.11. The number of aliphatic carboxylic acids is 2. The summed E-state index contributed by atoms with van der Waals surface area (Å²) in [5, 5.41) is 17.3. The van der Waals surface area contributed by atoms with E-state index in [1.165, 1.54) is 0 Å². The van der Waals surface area contributed by atoms with Crippen LogP contribution >= 0.6 is 0 Å². The molecule has 0 aliphatic rings. The van der Waals surface area contributed by atoms with Gasteiger partial charge in [0.1, 0.15) is 0 Å². The first-order chi connectivity index (χ1) is 7.57. The summed E-state index contributed by atoms with van der Waals surface area (Å²) in [6.07, 6.45) is 6.44. The molecule has 0 aliphatic carbocycles. The number of unbranched alkanes of at least 4 members (excludes halogenated alkanes) is 3. The molecule has 0 radical (unpaired) electrons. The molecule has 0 heterocycles. The summed E-state index contributed by atoms with van der Waals surface area (Å²) in [6, 6.07) is 0. The van der Waals surface area contributed by atoms with Crippen LogP contribution in [0, 0.1) is 0 Å². The van der Waals surface area contributed by atoms with Crippen LogP contribution in [0.25, 0.3) is 0 Å². The Hall–Kier alpha value is -1.32. The van der Waals surface area contributed by atoms with Gasteiger partial charge in [0.2, 0.25) is 0 Å². The van der Waals surface area contributed by atoms with Crippen LogP contribution in [0.15, 0.2) is 11.6 Å². The molecule has 0 unspecified atom stereocenters. The van der Waals surface area contributed by atoms with Gasteiger partial charge in [0, 0.05) is 12.0 Å². The quantitative estimate of drug-likeness (QED) is 0.470. The van der Waals surface area contributed by atoms with E-state index in [2.05, 4.69) is 6.92 Å². The minimum absolute atomic E-state index is 0.0274. The minimum Gasteiger partial charge on any atom is -0.481 e. The minimum atomic E-state index is -0.929. The van der Waals surface area contributed by atoms with Gasteiger partial charge in [-0.15, -0.1) is 0 Å². The Bertz CT molecular complexity index is 256. The second kappa shape index (κ2) is 8.95. The Morgan fingerprint density at radius 2 is 1.75 bits per heavy atom. The maximum atomic E-state index is 10.8. The number of allylic oxidation sites excluding steroid dienone is 1. The van der Waals surface area contributed by atoms with Gasteiger partial charge in [-0.1, -0.05) is 25.8 Å². The van der Waals surface area contributed by atoms with Gasteiger partial charge in [0.05, 0.1) is 0 Å². The summed E-state index contributed by atoms with van der Waals surface area (Å²) in [5.41, 5.74) is 0.345. The van der Waals surface area contributed by atoms with Gasteiger partial charge in [-0.25, -0.2) is 4.79 Å². The van der Waals surface area contributed by atoms with Crippen LogP contribution in [0.4, 0.5) is 0 Å². The lowest BCUT2D eigenvalue weighted by Crippen LogP contribution is -2.02. The normalized spacial score (nSPS) is 11.4. The van der Waals surface area contributed by atoms with E-state index in [-0.39, 0.29) is 6.42 Å². The van der Waals surface area contributed by atoms with Gasteiger partial charge in [0.25, 0.3) is 0 Å². The van der Waals surface area contributed by atoms with E-state index >= 15 is 0 Å². The molecule has 0 spiro atoms. The molecule has 4 heteroatoms. The second-order valence-corrected chi connectivity index (χ2v) is 3.78. The first-order valence-corrected chi connectivity index (χ1v) is 5.72. The largest absolute Gasteiger partial charge is 0.481 e. The molecule has 0 aromatic heterocycles. The van der Waals surface area contributed by atoms with Crippen molar-refractivity contribution in [2.24, 2.45) is 0 Å². The Morgan fingerprint density at radius 3 is 2.25 bits per heavy atom. The molecule has 0 rings (SSSR count). The molecule has 4 nitrogen and oxygen atoms in total. The van der Waals surface area contributed by atoms with E-state index in [0.29, 0.717) is 18.4 Å². The van der Waals surface area contributed by atoms with Gasteiger partial charge >= 0.3 is 11.9 Å². The smallest absolute Gasteiger partial charge is 0.331 e. The van der Waals surface area contributed by atoms with E-state index in [0.717, 1.165) is 25.7 Å². The first kappa shape index (κ1) is 14.7. The highest BCUT2D eigenvalue weighted by atomic mass is 16.4. The lowest BCUT2D eigenvalue weighted by atomic mass is 10.1. The molecular weight excluding hydrogens is 208 g/mol. The predicted molar refractivity (Wildman–Crippen MR) is 61.3 cm³/mol. The molecule has 0 aromatic carbocycles. The van der Waals surface area contributed by atoms with Gasteiger partial charge in [-0.2, -0.15) is 0 Å². The van der Waals surface area contributed by atoms with Crippen LogP contribution in [0.3, 0.4) is 0 Å². The van der Waals surface area contributed by atoms with Crippen molar-refractivity contribution in [2.45, 2.75) is 51.9 Å². The Morgan fingerprint density at radius 1 is 1.06 bits per heavy atom. The van der Waals surface area contributed by atoms with Crippen LogP contribution < -0.4 is 0 Å². The molecular formula is C12H20O4. The average Bonchev–Trinajstić information content (AvgIpc) is 2.20. The van der Waals surface area contributed by atoms with Gasteiger partial charge in [-0.3, -0.25) is 4.79 Å². The molecule has 2 N–H and O–H groups in total. The van der Waals surface area contributed by atoms with Crippen molar-refractivity contribution < 1.29 is 19.8 Å². The molecule has 0 saturated heterocycles. The standard InChI is InChI=1S/C12H20O4/c1-2-3-4-5-7-10(12(15)16)8-6-9-11(13)14/h7H,2-6,8-9H2,1H3,(H,13,14)(H,15,16)/b10-7-. The van der Waals surface area contributed by atoms with Crippen molar-refractivity contribution in [2.75, 3.05) is 0 Å². The molecule has 0 saturated carbocycles. The zero-order valence-corrected chi connectivity index (χ0v) is 9.74. The van der Waals surface area contributed by atoms with Gasteiger partial charge in [0.15, 0.2) is 0 Å². The summed E-state index contributed by atoms with van der Waals surface area (Å²) in [6.45, 7) is 2.09. The molecule has 0 aliphatic heterocycles. The third-order valence-corrected chi connectivity index (χ3v) is 2.31. The zero-order chi connectivity index (χ0) is 12.4. The van der Waals surface area contributed by atoms with E-state index in [9.17, 15) is 9.59 Å². The number of hydrogen-bond acceptors (Lipinski definition) is 2. The Kier molecular flexibility index (Phi) is 8.21. The van der Waals surface area contributed by atoms with Crippen LogP contribution in [0.1, 0.15) is 51.9 Å². The van der Waals surface area contributed by atoms with Crippen molar-refractivity contribution >= 4 is 11.9 Å². The van der Waals surface area contributed by atoms with Crippen molar-refractivity contribution in [3.8, 4) is 0 Å². The fourth-order valence-corrected chi connectivity index (χ4v) is 1.40. The maximum absolute atomic E-state index is 10.8. The van der Waals surface area contributed by atoms with E-state index in [1.54, 1.807) is 6.08 Å². The van der Waals surface area contributed by atoms with Gasteiger partial charge < -0.3 is 10.2 Å². The Balaban J connectivity index is 3.96. The number of rotatable bonds is 9. The van der Waals surface area contributed by atoms with E-state index < -0.39 is 11.9 Å². The van der Waals surface area contributed by atoms with Crippen molar-refractivity contribution in [3.05, 3.63) is 11.6 Å². The van der Waals surface area contributed by atoms with Crippen molar-refractivity contribution in [3.63, 3.8) is 0 Å². The lowest BCUT2D eigenvalue weighted by molar-refractivity contribution is -0.137. The summed E-state index contributed by atoms with van der Waals surface area (Å²) >= 11 is 0. The predicted octanol–water partition coefficient (Wildman–Crippen LogP) is 2.83. The molecule has 0 aromatic rings.